The first-order valence-electron chi connectivity index (χ1n) is 24.7. The molecule has 0 aliphatic rings. The Balaban J connectivity index is 6.88. The molecule has 0 saturated carbocycles. The van der Waals surface area contributed by atoms with Crippen LogP contribution in [0.2, 0.25) is 0 Å². The van der Waals surface area contributed by atoms with E-state index >= 15 is 4.39 Å². The Morgan fingerprint density at radius 2 is 0.673 bits per heavy atom. The second-order valence-corrected chi connectivity index (χ2v) is 16.1. The van der Waals surface area contributed by atoms with Gasteiger partial charge in [-0.05, 0) is 41.7 Å². The van der Waals surface area contributed by atoms with E-state index in [-0.39, 0.29) is 6.61 Å². The van der Waals surface area contributed by atoms with Crippen molar-refractivity contribution in [2.24, 2.45) is 0 Å². The van der Waals surface area contributed by atoms with E-state index in [1.54, 1.807) is 0 Å². The van der Waals surface area contributed by atoms with E-state index in [0.717, 1.165) is 6.08 Å². The van der Waals surface area contributed by atoms with Gasteiger partial charge in [-0.25, -0.2) is 142 Å². The van der Waals surface area contributed by atoms with Crippen LogP contribution in [0.1, 0.15) is 6.42 Å². The molecule has 0 radical (unpaired) electrons. The summed E-state index contributed by atoms with van der Waals surface area (Å²) in [5, 5.41) is 51.5. The van der Waals surface area contributed by atoms with Gasteiger partial charge in [0.15, 0.2) is 35.7 Å². The second kappa shape index (κ2) is 48.3. The van der Waals surface area contributed by atoms with Gasteiger partial charge in [-0.3, -0.25) is 4.89 Å². The fourth-order valence-corrected chi connectivity index (χ4v) is 4.71. The van der Waals surface area contributed by atoms with E-state index < -0.39 is 245 Å². The number of carbonyl (C=O) groups excluding carboxylic acids is 2. The number of esters is 1. The van der Waals surface area contributed by atoms with Gasteiger partial charge in [-0.1, -0.05) is 13.2 Å². The predicted molar refractivity (Wildman–Crippen MR) is 251 cm³/mol. The molecule has 0 heterocycles. The monoisotopic (exact) mass is 1650 g/mol. The maximum absolute atomic E-state index is 15.4. The summed E-state index contributed by atoms with van der Waals surface area (Å²) < 4.78 is 508. The van der Waals surface area contributed by atoms with E-state index in [1.807, 2.05) is 0 Å². The number of rotatable bonds is 49. The molecule has 0 fully saturated rings. The van der Waals surface area contributed by atoms with Crippen molar-refractivity contribution in [3.05, 3.63) is 201 Å². The van der Waals surface area contributed by atoms with Crippen LogP contribution in [0.25, 0.3) is 0 Å². The number of halogens is 35. The molecule has 0 bridgehead atoms. The molecule has 2 atom stereocenters. The molecule has 0 rings (SSSR count). The minimum absolute atomic E-state index is 0.366. The van der Waals surface area contributed by atoms with Gasteiger partial charge >= 0.3 is 29.9 Å². The van der Waals surface area contributed by atoms with Crippen molar-refractivity contribution < 1.29 is 272 Å². The van der Waals surface area contributed by atoms with Gasteiger partial charge in [-0.15, -0.1) is 0 Å². The molecule has 0 aromatic carbocycles. The Labute approximate surface area is 562 Å². The Morgan fingerprint density at radius 1 is 0.346 bits per heavy atom. The SMILES string of the molecule is C=CC(=O)OCCOOOOOOOO/C=C\OCC(COCCCOC(F)(/C(F)=C(F)/C(F)=C(F)/C(F)=C(F)/C(F)=C(F)/C(F)=C(F)/C(F)=C(F)/C(F)=C(F)/C(F)=C(F)/C(F)=C(F)/C(F)=C(F)/C(F)=C(F)/C(F)=C(F)/C(F)=C(F)/C(F)=C(\F)CF)C(F)(F)C(F)(F)F)OOOOOOOOOOC(=O)C=C. The lowest BCUT2D eigenvalue weighted by molar-refractivity contribution is -0.843. The van der Waals surface area contributed by atoms with Crippen LogP contribution in [-0.4, -0.2) is 82.3 Å². The quantitative estimate of drug-likeness (QED) is 0.00804. The average Bonchev–Trinajstić information content (AvgIpc) is 0.744. The minimum atomic E-state index is -7.57. The van der Waals surface area contributed by atoms with Gasteiger partial charge in [-0.2, -0.15) is 31.2 Å². The van der Waals surface area contributed by atoms with E-state index in [9.17, 15) is 159 Å². The third kappa shape index (κ3) is 30.3. The first kappa shape index (κ1) is 98.0. The lowest BCUT2D eigenvalue weighted by Gasteiger charge is -2.33. The highest BCUT2D eigenvalue weighted by atomic mass is 19.4. The molecule has 2 unspecified atom stereocenters. The largest absolute Gasteiger partial charge is 0.495 e. The first-order chi connectivity index (χ1) is 49.9. The van der Waals surface area contributed by atoms with E-state index in [2.05, 4.69) is 113 Å². The molecule has 0 aliphatic carbocycles. The van der Waals surface area contributed by atoms with Crippen molar-refractivity contribution in [2.45, 2.75) is 30.5 Å². The number of hydrogen-bond acceptors (Lipinski definition) is 24. The molecular formula is C48H25F35O24. The molecule has 0 saturated heterocycles. The summed E-state index contributed by atoms with van der Waals surface area (Å²) in [6.07, 6.45) is -8.52. The van der Waals surface area contributed by atoms with Crippen LogP contribution >= 0.6 is 0 Å². The number of ether oxygens (including phenoxy) is 4. The summed E-state index contributed by atoms with van der Waals surface area (Å²) in [7, 11) is 0. The normalized spacial score (nSPS) is 16.8. The Hall–Kier alpha value is -9.05. The van der Waals surface area contributed by atoms with Gasteiger partial charge in [0.1, 0.15) is 32.8 Å². The summed E-state index contributed by atoms with van der Waals surface area (Å²) in [4.78, 5) is 38.1. The molecule has 59 heteroatoms. The molecule has 24 nitrogen and oxygen atoms in total. The van der Waals surface area contributed by atoms with E-state index in [0.29, 0.717) is 18.6 Å². The Morgan fingerprint density at radius 3 is 1.03 bits per heavy atom. The molecule has 0 aromatic rings. The first-order valence-corrected chi connectivity index (χ1v) is 24.7. The van der Waals surface area contributed by atoms with Gasteiger partial charge in [0, 0.05) is 54.0 Å². The van der Waals surface area contributed by atoms with Gasteiger partial charge < -0.3 is 23.8 Å². The van der Waals surface area contributed by atoms with Crippen molar-refractivity contribution in [1.29, 1.82) is 0 Å². The van der Waals surface area contributed by atoms with Crippen molar-refractivity contribution in [2.75, 3.05) is 46.3 Å². The molecule has 606 valence electrons. The van der Waals surface area contributed by atoms with Gasteiger partial charge in [0.25, 0.3) is 0 Å². The van der Waals surface area contributed by atoms with Crippen molar-refractivity contribution >= 4 is 11.9 Å². The zero-order valence-corrected chi connectivity index (χ0v) is 49.5. The fraction of sp³-hybridized carbons (Fsp3) is 0.250. The number of alkyl halides is 7. The van der Waals surface area contributed by atoms with E-state index in [4.69, 9.17) is 9.47 Å². The van der Waals surface area contributed by atoms with Gasteiger partial charge in [0.2, 0.25) is 140 Å². The highest BCUT2D eigenvalue weighted by Crippen LogP contribution is 2.52. The molecule has 0 aromatic heterocycles. The molecule has 0 N–H and O–H groups in total. The third-order valence-electron chi connectivity index (χ3n) is 9.39. The third-order valence-corrected chi connectivity index (χ3v) is 9.39. The summed E-state index contributed by atoms with van der Waals surface area (Å²) in [6.45, 7) is -2.86. The highest BCUT2D eigenvalue weighted by molar-refractivity contribution is 5.81. The number of allylic oxidation sites excluding steroid dienone is 27. The number of carbonyl (C=O) groups is 2. The lowest BCUT2D eigenvalue weighted by Crippen LogP contribution is -2.56. The second-order valence-electron chi connectivity index (χ2n) is 16.1. The molecular weight excluding hydrogens is 1630 g/mol. The molecule has 107 heavy (non-hydrogen) atoms. The summed E-state index contributed by atoms with van der Waals surface area (Å²) >= 11 is 0. The van der Waals surface area contributed by atoms with Crippen molar-refractivity contribution in [3.63, 3.8) is 0 Å². The highest BCUT2D eigenvalue weighted by Gasteiger charge is 2.75. The Bertz CT molecular complexity index is 3590. The summed E-state index contributed by atoms with van der Waals surface area (Å²) in [5.74, 6) is -134. The van der Waals surface area contributed by atoms with Crippen LogP contribution in [0, 0.1) is 0 Å². The van der Waals surface area contributed by atoms with Crippen LogP contribution in [0.4, 0.5) is 154 Å². The maximum Gasteiger partial charge on any atom is 0.460 e. The van der Waals surface area contributed by atoms with Crippen molar-refractivity contribution in [3.8, 4) is 0 Å². The van der Waals surface area contributed by atoms with Gasteiger partial charge in [0.05, 0.1) is 13.2 Å². The van der Waals surface area contributed by atoms with E-state index in [1.165, 1.54) is 0 Å². The van der Waals surface area contributed by atoms with Crippen molar-refractivity contribution in [1.82, 2.24) is 0 Å². The lowest BCUT2D eigenvalue weighted by atomic mass is 10.1. The summed E-state index contributed by atoms with van der Waals surface area (Å²) in [5.41, 5.74) is 0. The smallest absolute Gasteiger partial charge is 0.460 e. The zero-order valence-electron chi connectivity index (χ0n) is 49.5. The Kier molecular flexibility index (Phi) is 44.2. The zero-order chi connectivity index (χ0) is 82.4. The standard InChI is InChI=1S/C48H25F35O24/c1-3-17(84)88-9-11-91-95-99-103-102-98-94-90-10-8-87-14-15(92-96-100-104-106-107-105-101-97-93-18(85)4-2)13-86-6-5-7-89-46(78,47(79,80)48(81,82)83)45(77)44(76)43(75)42(74)41(73)40(72)39(71)38(70)37(69)36(68)35(67)34(66)33(65)32(64)31(63)30(62)29(61)28(60)27(59)26(58)25(57)24(56)23(55)22(54)21(53)20(52)19(51)16(50)12-49/h3-4,8,10,15H,1-2,5-7,9,11-14H2/b10-8-,19-16+,21-20+,23-22+,25-24+,27-26+,29-28+,31-30+,33-32+,35-34+,37-36+,39-38+,41-40+,43-42+,45-44+. The van der Waals surface area contributed by atoms with Crippen LogP contribution in [0.3, 0.4) is 0 Å². The maximum atomic E-state index is 15.4. The average molecular weight is 1650 g/mol. The minimum Gasteiger partial charge on any atom is -0.495 e. The van der Waals surface area contributed by atoms with Crippen LogP contribution in [-0.2, 0) is 119 Å². The molecule has 0 aliphatic heterocycles. The summed E-state index contributed by atoms with van der Waals surface area (Å²) in [6, 6.07) is 0. The van der Waals surface area contributed by atoms with Crippen LogP contribution < -0.4 is 0 Å². The van der Waals surface area contributed by atoms with Crippen LogP contribution in [0.5, 0.6) is 0 Å². The molecule has 0 amide bonds. The topological polar surface area (TPSA) is 237 Å². The number of hydrogen-bond donors (Lipinski definition) is 0. The fourth-order valence-electron chi connectivity index (χ4n) is 4.71. The molecule has 0 spiro atoms. The predicted octanol–water partition coefficient (Wildman–Crippen LogP) is 18.6. The van der Waals surface area contributed by atoms with Crippen LogP contribution in [0.15, 0.2) is 201 Å².